The van der Waals surface area contributed by atoms with E-state index in [2.05, 4.69) is 9.82 Å². The molecule has 0 saturated carbocycles. The van der Waals surface area contributed by atoms with E-state index in [4.69, 9.17) is 4.74 Å². The van der Waals surface area contributed by atoms with Crippen LogP contribution >= 0.6 is 0 Å². The van der Waals surface area contributed by atoms with Crippen LogP contribution in [0.3, 0.4) is 0 Å². The SMILES string of the molecule is CCCCn1nc(C(F)(F)F)c2c(NS(C)(=O)=O)cc(-c3cc(OC)c(=O)n(C)c3)cc21. The highest BCUT2D eigenvalue weighted by atomic mass is 32.2. The Morgan fingerprint density at radius 3 is 2.44 bits per heavy atom. The maximum Gasteiger partial charge on any atom is 0.435 e. The van der Waals surface area contributed by atoms with Gasteiger partial charge in [-0.2, -0.15) is 18.3 Å². The second-order valence-electron chi connectivity index (χ2n) is 7.43. The fourth-order valence-electron chi connectivity index (χ4n) is 3.41. The number of nitrogens with zero attached hydrogens (tertiary/aromatic N) is 3. The standard InChI is InChI=1S/C20H23F3N4O4S/c1-5-6-7-27-15-9-12(13-10-16(31-3)19(28)26(2)11-13)8-14(25-32(4,29)30)17(15)18(24-27)20(21,22)23/h8-11,25H,5-7H2,1-4H3. The van der Waals surface area contributed by atoms with Gasteiger partial charge in [0.1, 0.15) is 0 Å². The third-order valence-electron chi connectivity index (χ3n) is 4.84. The Labute approximate surface area is 182 Å². The number of methoxy groups -OCH3 is 1. The topological polar surface area (TPSA) is 95.2 Å². The molecule has 12 heteroatoms. The minimum absolute atomic E-state index is 0.0400. The molecular weight excluding hydrogens is 449 g/mol. The van der Waals surface area contributed by atoms with Crippen molar-refractivity contribution in [2.45, 2.75) is 32.5 Å². The van der Waals surface area contributed by atoms with E-state index in [1.807, 2.05) is 6.92 Å². The van der Waals surface area contributed by atoms with Gasteiger partial charge in [-0.1, -0.05) is 13.3 Å². The zero-order valence-electron chi connectivity index (χ0n) is 17.9. The Hall–Kier alpha value is -3.02. The van der Waals surface area contributed by atoms with Crippen LogP contribution in [0.2, 0.25) is 0 Å². The monoisotopic (exact) mass is 472 g/mol. The van der Waals surface area contributed by atoms with E-state index in [1.54, 1.807) is 0 Å². The van der Waals surface area contributed by atoms with Gasteiger partial charge in [0.15, 0.2) is 11.4 Å². The van der Waals surface area contributed by atoms with Crippen molar-refractivity contribution in [1.82, 2.24) is 14.3 Å². The van der Waals surface area contributed by atoms with Crippen molar-refractivity contribution >= 4 is 26.6 Å². The molecule has 0 atom stereocenters. The van der Waals surface area contributed by atoms with E-state index in [0.717, 1.165) is 12.7 Å². The summed E-state index contributed by atoms with van der Waals surface area (Å²) >= 11 is 0. The van der Waals surface area contributed by atoms with Crippen molar-refractivity contribution in [2.75, 3.05) is 18.1 Å². The Morgan fingerprint density at radius 1 is 1.19 bits per heavy atom. The number of aryl methyl sites for hydroxylation is 2. The van der Waals surface area contributed by atoms with Gasteiger partial charge in [0.05, 0.1) is 30.0 Å². The lowest BCUT2D eigenvalue weighted by molar-refractivity contribution is -0.140. The van der Waals surface area contributed by atoms with Crippen LogP contribution in [0.15, 0.2) is 29.2 Å². The Kier molecular flexibility index (Phi) is 6.27. The number of unbranched alkanes of at least 4 members (excludes halogenated alkanes) is 1. The van der Waals surface area contributed by atoms with Gasteiger partial charge >= 0.3 is 6.18 Å². The quantitative estimate of drug-likeness (QED) is 0.567. The lowest BCUT2D eigenvalue weighted by atomic mass is 10.0. The number of halogens is 3. The molecule has 0 radical (unpaired) electrons. The van der Waals surface area contributed by atoms with Crippen molar-refractivity contribution in [3.05, 3.63) is 40.4 Å². The first-order valence-corrected chi connectivity index (χ1v) is 11.6. The predicted molar refractivity (Wildman–Crippen MR) is 115 cm³/mol. The average molecular weight is 472 g/mol. The maximum absolute atomic E-state index is 13.8. The molecule has 1 aromatic carbocycles. The van der Waals surface area contributed by atoms with Gasteiger partial charge in [-0.3, -0.25) is 14.2 Å². The van der Waals surface area contributed by atoms with E-state index in [9.17, 15) is 26.4 Å². The summed E-state index contributed by atoms with van der Waals surface area (Å²) in [5.41, 5.74) is -0.827. The average Bonchev–Trinajstić information content (AvgIpc) is 3.06. The molecule has 0 unspecified atom stereocenters. The number of ether oxygens (including phenoxy) is 1. The van der Waals surface area contributed by atoms with Crippen LogP contribution in [-0.2, 0) is 29.8 Å². The molecule has 174 valence electrons. The number of pyridine rings is 1. The number of hydrogen-bond donors (Lipinski definition) is 1. The highest BCUT2D eigenvalue weighted by Gasteiger charge is 2.38. The summed E-state index contributed by atoms with van der Waals surface area (Å²) in [6.07, 6.45) is -1.12. The van der Waals surface area contributed by atoms with Crippen LogP contribution < -0.4 is 15.0 Å². The molecule has 1 N–H and O–H groups in total. The van der Waals surface area contributed by atoms with Crippen LogP contribution in [0.25, 0.3) is 22.0 Å². The maximum atomic E-state index is 13.8. The second kappa shape index (κ2) is 8.49. The summed E-state index contributed by atoms with van der Waals surface area (Å²) in [6.45, 7) is 2.12. The number of hydrogen-bond acceptors (Lipinski definition) is 5. The molecule has 3 aromatic rings. The third-order valence-corrected chi connectivity index (χ3v) is 5.43. The predicted octanol–water partition coefficient (Wildman–Crippen LogP) is 3.60. The van der Waals surface area contributed by atoms with Gasteiger partial charge in [-0.15, -0.1) is 0 Å². The minimum atomic E-state index is -4.79. The first-order chi connectivity index (χ1) is 14.9. The number of anilines is 1. The zero-order chi connectivity index (χ0) is 23.8. The van der Waals surface area contributed by atoms with E-state index in [1.165, 1.54) is 47.8 Å². The first kappa shape index (κ1) is 23.6. The van der Waals surface area contributed by atoms with Crippen molar-refractivity contribution in [3.63, 3.8) is 0 Å². The van der Waals surface area contributed by atoms with Gasteiger partial charge in [0.2, 0.25) is 10.0 Å². The second-order valence-corrected chi connectivity index (χ2v) is 9.18. The summed E-state index contributed by atoms with van der Waals surface area (Å²) < 4.78 is 75.0. The number of rotatable bonds is 7. The molecule has 0 spiro atoms. The number of alkyl halides is 3. The van der Waals surface area contributed by atoms with E-state index < -0.39 is 21.9 Å². The molecule has 0 saturated heterocycles. The molecule has 8 nitrogen and oxygen atoms in total. The third kappa shape index (κ3) is 4.74. The Balaban J connectivity index is 2.40. The van der Waals surface area contributed by atoms with Crippen LogP contribution in [-0.4, -0.2) is 36.1 Å². The smallest absolute Gasteiger partial charge is 0.435 e. The Morgan fingerprint density at radius 2 is 1.88 bits per heavy atom. The van der Waals surface area contributed by atoms with Gasteiger partial charge in [0, 0.05) is 25.4 Å². The van der Waals surface area contributed by atoms with Crippen molar-refractivity contribution in [1.29, 1.82) is 0 Å². The van der Waals surface area contributed by atoms with E-state index >= 15 is 0 Å². The number of nitrogens with one attached hydrogen (secondary N) is 1. The van der Waals surface area contributed by atoms with Crippen LogP contribution in [0.5, 0.6) is 5.75 Å². The first-order valence-electron chi connectivity index (χ1n) is 9.70. The lowest BCUT2D eigenvalue weighted by Gasteiger charge is -2.13. The van der Waals surface area contributed by atoms with Gasteiger partial charge in [0.25, 0.3) is 5.56 Å². The summed E-state index contributed by atoms with van der Waals surface area (Å²) in [7, 11) is -1.06. The van der Waals surface area contributed by atoms with Gasteiger partial charge in [-0.05, 0) is 30.2 Å². The molecule has 32 heavy (non-hydrogen) atoms. The highest BCUT2D eigenvalue weighted by molar-refractivity contribution is 7.92. The fraction of sp³-hybridized carbons (Fsp3) is 0.400. The van der Waals surface area contributed by atoms with E-state index in [-0.39, 0.29) is 34.4 Å². The molecular formula is C20H23F3N4O4S. The molecule has 0 bridgehead atoms. The van der Waals surface area contributed by atoms with Crippen LogP contribution in [0, 0.1) is 0 Å². The molecule has 0 fully saturated rings. The summed E-state index contributed by atoms with van der Waals surface area (Å²) in [5, 5.41) is 3.43. The fourth-order valence-corrected chi connectivity index (χ4v) is 3.97. The molecule has 2 aromatic heterocycles. The Bertz CT molecular complexity index is 1330. The molecule has 0 aliphatic heterocycles. The molecule has 0 aliphatic rings. The molecule has 0 amide bonds. The van der Waals surface area contributed by atoms with Crippen LogP contribution in [0.4, 0.5) is 18.9 Å². The van der Waals surface area contributed by atoms with Crippen molar-refractivity contribution < 1.29 is 26.3 Å². The largest absolute Gasteiger partial charge is 0.491 e. The number of sulfonamides is 1. The highest BCUT2D eigenvalue weighted by Crippen LogP contribution is 2.40. The van der Waals surface area contributed by atoms with Gasteiger partial charge in [-0.25, -0.2) is 8.42 Å². The molecule has 0 aliphatic carbocycles. The summed E-state index contributed by atoms with van der Waals surface area (Å²) in [5.74, 6) is 0.0400. The van der Waals surface area contributed by atoms with Gasteiger partial charge < -0.3 is 9.30 Å². The van der Waals surface area contributed by atoms with E-state index in [0.29, 0.717) is 17.5 Å². The summed E-state index contributed by atoms with van der Waals surface area (Å²) in [6, 6.07) is 4.24. The van der Waals surface area contributed by atoms with Crippen molar-refractivity contribution in [3.8, 4) is 16.9 Å². The number of aromatic nitrogens is 3. The zero-order valence-corrected chi connectivity index (χ0v) is 18.8. The summed E-state index contributed by atoms with van der Waals surface area (Å²) in [4.78, 5) is 12.1. The molecule has 3 rings (SSSR count). The molecule has 2 heterocycles. The van der Waals surface area contributed by atoms with Crippen LogP contribution in [0.1, 0.15) is 25.5 Å². The lowest BCUT2D eigenvalue weighted by Crippen LogP contribution is -2.17. The minimum Gasteiger partial charge on any atom is -0.491 e. The normalized spacial score (nSPS) is 12.3. The number of benzene rings is 1. The number of fused-ring (bicyclic) bond motifs is 1. The van der Waals surface area contributed by atoms with Crippen molar-refractivity contribution in [2.24, 2.45) is 7.05 Å².